The van der Waals surface area contributed by atoms with E-state index in [1.165, 1.54) is 32.1 Å². The molecule has 1 aromatic carbocycles. The van der Waals surface area contributed by atoms with Gasteiger partial charge in [0.15, 0.2) is 17.5 Å². The first-order valence-corrected chi connectivity index (χ1v) is 9.40. The fourth-order valence-electron chi connectivity index (χ4n) is 4.46. The predicted octanol–water partition coefficient (Wildman–Crippen LogP) is 3.67. The number of halogens is 1. The number of likely N-dealkylation sites (tertiary alicyclic amines) is 1. The summed E-state index contributed by atoms with van der Waals surface area (Å²) in [6.45, 7) is 2.83. The molecule has 1 aromatic rings. The highest BCUT2D eigenvalue weighted by Crippen LogP contribution is 2.45. The summed E-state index contributed by atoms with van der Waals surface area (Å²) in [7, 11) is 6.76. The molecule has 0 bridgehead atoms. The molecule has 27 heavy (non-hydrogen) atoms. The van der Waals surface area contributed by atoms with Crippen molar-refractivity contribution >= 4 is 29.9 Å². The minimum Gasteiger partial charge on any atom is -0.493 e. The number of guanidine groups is 1. The van der Waals surface area contributed by atoms with Gasteiger partial charge in [0.2, 0.25) is 5.75 Å². The molecule has 1 saturated carbocycles. The van der Waals surface area contributed by atoms with Crippen molar-refractivity contribution in [3.8, 4) is 17.2 Å². The van der Waals surface area contributed by atoms with Crippen molar-refractivity contribution in [2.45, 2.75) is 38.6 Å². The van der Waals surface area contributed by atoms with E-state index in [0.717, 1.165) is 24.6 Å². The van der Waals surface area contributed by atoms with Gasteiger partial charge in [-0.1, -0.05) is 12.8 Å². The fraction of sp³-hybridized carbons (Fsp3) is 0.650. The van der Waals surface area contributed by atoms with Crippen LogP contribution >= 0.6 is 24.0 Å². The van der Waals surface area contributed by atoms with Gasteiger partial charge in [-0.3, -0.25) is 4.99 Å². The lowest BCUT2D eigenvalue weighted by Gasteiger charge is -2.26. The van der Waals surface area contributed by atoms with Gasteiger partial charge in [0.25, 0.3) is 0 Å². The molecule has 1 aliphatic carbocycles. The molecule has 1 N–H and O–H groups in total. The Morgan fingerprint density at radius 1 is 1.07 bits per heavy atom. The highest BCUT2D eigenvalue weighted by molar-refractivity contribution is 14.0. The van der Waals surface area contributed by atoms with E-state index in [-0.39, 0.29) is 24.0 Å². The maximum Gasteiger partial charge on any atom is 0.203 e. The van der Waals surface area contributed by atoms with Crippen LogP contribution in [-0.4, -0.2) is 52.3 Å². The van der Waals surface area contributed by atoms with Gasteiger partial charge >= 0.3 is 0 Å². The number of hydrogen-bond acceptors (Lipinski definition) is 4. The summed E-state index contributed by atoms with van der Waals surface area (Å²) in [4.78, 5) is 6.91. The van der Waals surface area contributed by atoms with Crippen LogP contribution in [0, 0.1) is 5.41 Å². The fourth-order valence-corrected chi connectivity index (χ4v) is 4.46. The Balaban J connectivity index is 0.00000261. The lowest BCUT2D eigenvalue weighted by Crippen LogP contribution is -2.40. The SMILES string of the molecule is CN=C(NCc1ccc(OC)c(OC)c1OC)N1CCC2(CCCC2)C1.I. The van der Waals surface area contributed by atoms with Crippen molar-refractivity contribution in [2.75, 3.05) is 41.5 Å². The lowest BCUT2D eigenvalue weighted by atomic mass is 9.86. The number of nitrogens with zero attached hydrogens (tertiary/aromatic N) is 2. The van der Waals surface area contributed by atoms with Crippen LogP contribution in [0.15, 0.2) is 17.1 Å². The van der Waals surface area contributed by atoms with Gasteiger partial charge in [0.1, 0.15) is 0 Å². The molecule has 152 valence electrons. The Labute approximate surface area is 179 Å². The average molecular weight is 489 g/mol. The normalized spacial score (nSPS) is 18.4. The number of ether oxygens (including phenoxy) is 3. The second-order valence-corrected chi connectivity index (χ2v) is 7.27. The van der Waals surface area contributed by atoms with Gasteiger partial charge < -0.3 is 24.4 Å². The molecule has 0 amide bonds. The first-order chi connectivity index (χ1) is 12.7. The minimum absolute atomic E-state index is 0. The van der Waals surface area contributed by atoms with Crippen molar-refractivity contribution in [1.29, 1.82) is 0 Å². The Morgan fingerprint density at radius 2 is 1.78 bits per heavy atom. The van der Waals surface area contributed by atoms with E-state index < -0.39 is 0 Å². The van der Waals surface area contributed by atoms with Crippen molar-refractivity contribution < 1.29 is 14.2 Å². The maximum atomic E-state index is 5.58. The molecular weight excluding hydrogens is 457 g/mol. The third kappa shape index (κ3) is 4.55. The van der Waals surface area contributed by atoms with E-state index in [1.807, 2.05) is 19.2 Å². The topological polar surface area (TPSA) is 55.3 Å². The van der Waals surface area contributed by atoms with Crippen LogP contribution in [-0.2, 0) is 6.54 Å². The minimum atomic E-state index is 0. The van der Waals surface area contributed by atoms with E-state index in [9.17, 15) is 0 Å². The predicted molar refractivity (Wildman–Crippen MR) is 119 cm³/mol. The molecule has 7 heteroatoms. The number of nitrogens with one attached hydrogen (secondary N) is 1. The monoisotopic (exact) mass is 489 g/mol. The summed E-state index contributed by atoms with van der Waals surface area (Å²) in [5, 5.41) is 3.50. The van der Waals surface area contributed by atoms with Crippen molar-refractivity contribution in [3.63, 3.8) is 0 Å². The van der Waals surface area contributed by atoms with Crippen LogP contribution in [0.3, 0.4) is 0 Å². The molecule has 1 heterocycles. The number of aliphatic imine (C=N–C) groups is 1. The number of hydrogen-bond donors (Lipinski definition) is 1. The molecular formula is C20H32IN3O3. The quantitative estimate of drug-likeness (QED) is 0.389. The summed E-state index contributed by atoms with van der Waals surface area (Å²) >= 11 is 0. The van der Waals surface area contributed by atoms with Crippen molar-refractivity contribution in [3.05, 3.63) is 17.7 Å². The van der Waals surface area contributed by atoms with Crippen LogP contribution in [0.25, 0.3) is 0 Å². The zero-order valence-electron chi connectivity index (χ0n) is 16.8. The first kappa shape index (κ1) is 21.9. The van der Waals surface area contributed by atoms with Gasteiger partial charge in [-0.25, -0.2) is 0 Å². The summed E-state index contributed by atoms with van der Waals surface area (Å²) in [5.74, 6) is 2.95. The second-order valence-electron chi connectivity index (χ2n) is 7.27. The Morgan fingerprint density at radius 3 is 2.37 bits per heavy atom. The number of rotatable bonds is 5. The second kappa shape index (κ2) is 9.71. The van der Waals surface area contributed by atoms with Crippen LogP contribution < -0.4 is 19.5 Å². The summed E-state index contributed by atoms with van der Waals surface area (Å²) in [6.07, 6.45) is 6.77. The van der Waals surface area contributed by atoms with Crippen LogP contribution in [0.2, 0.25) is 0 Å². The standard InChI is InChI=1S/C20H31N3O3.HI/c1-21-19(23-12-11-20(14-23)9-5-6-10-20)22-13-15-7-8-16(24-2)18(26-4)17(15)25-3;/h7-8H,5-6,9-14H2,1-4H3,(H,21,22);1H. The smallest absolute Gasteiger partial charge is 0.203 e. The highest BCUT2D eigenvalue weighted by atomic mass is 127. The van der Waals surface area contributed by atoms with Crippen LogP contribution in [0.5, 0.6) is 17.2 Å². The van der Waals surface area contributed by atoms with Gasteiger partial charge in [0, 0.05) is 32.2 Å². The van der Waals surface area contributed by atoms with Crippen LogP contribution in [0.4, 0.5) is 0 Å². The van der Waals surface area contributed by atoms with Gasteiger partial charge in [-0.05, 0) is 36.8 Å². The molecule has 2 fully saturated rings. The third-order valence-corrected chi connectivity index (χ3v) is 5.84. The van der Waals surface area contributed by atoms with E-state index in [4.69, 9.17) is 14.2 Å². The molecule has 2 aliphatic rings. The Hall–Kier alpha value is -1.38. The molecule has 1 aliphatic heterocycles. The van der Waals surface area contributed by atoms with Gasteiger partial charge in [-0.2, -0.15) is 0 Å². The van der Waals surface area contributed by atoms with Gasteiger partial charge in [-0.15, -0.1) is 24.0 Å². The van der Waals surface area contributed by atoms with Crippen LogP contribution in [0.1, 0.15) is 37.7 Å². The summed E-state index contributed by atoms with van der Waals surface area (Å²) in [5.41, 5.74) is 1.54. The molecule has 0 unspecified atom stereocenters. The third-order valence-electron chi connectivity index (χ3n) is 5.84. The molecule has 0 atom stereocenters. The Kier molecular flexibility index (Phi) is 7.88. The largest absolute Gasteiger partial charge is 0.493 e. The highest BCUT2D eigenvalue weighted by Gasteiger charge is 2.41. The van der Waals surface area contributed by atoms with E-state index in [2.05, 4.69) is 15.2 Å². The lowest BCUT2D eigenvalue weighted by molar-refractivity contribution is 0.309. The summed E-state index contributed by atoms with van der Waals surface area (Å²) < 4.78 is 16.4. The first-order valence-electron chi connectivity index (χ1n) is 9.40. The molecule has 0 aromatic heterocycles. The van der Waals surface area contributed by atoms with Crippen molar-refractivity contribution in [2.24, 2.45) is 10.4 Å². The maximum absolute atomic E-state index is 5.58. The zero-order valence-corrected chi connectivity index (χ0v) is 19.2. The number of methoxy groups -OCH3 is 3. The van der Waals surface area contributed by atoms with E-state index in [0.29, 0.717) is 29.2 Å². The molecule has 3 rings (SSSR count). The molecule has 0 radical (unpaired) electrons. The van der Waals surface area contributed by atoms with E-state index in [1.54, 1.807) is 21.3 Å². The average Bonchev–Trinajstić information content (AvgIpc) is 3.31. The molecule has 1 saturated heterocycles. The Bertz CT molecular complexity index is 660. The van der Waals surface area contributed by atoms with E-state index >= 15 is 0 Å². The van der Waals surface area contributed by atoms with Crippen molar-refractivity contribution in [1.82, 2.24) is 10.2 Å². The summed E-state index contributed by atoms with van der Waals surface area (Å²) in [6, 6.07) is 3.91. The number of benzene rings is 1. The zero-order chi connectivity index (χ0) is 18.6. The molecule has 6 nitrogen and oxygen atoms in total. The molecule has 1 spiro atoms. The van der Waals surface area contributed by atoms with Gasteiger partial charge in [0.05, 0.1) is 21.3 Å².